The van der Waals surface area contributed by atoms with Crippen LogP contribution in [0.4, 0.5) is 0 Å². The first-order valence-electron chi connectivity index (χ1n) is 5.98. The highest BCUT2D eigenvalue weighted by atomic mass is 16.4. The van der Waals surface area contributed by atoms with E-state index in [-0.39, 0.29) is 6.42 Å². The summed E-state index contributed by atoms with van der Waals surface area (Å²) in [6.45, 7) is 4.26. The molecule has 0 radical (unpaired) electrons. The maximum atomic E-state index is 10.6. The molecule has 0 saturated heterocycles. The summed E-state index contributed by atoms with van der Waals surface area (Å²) in [4.78, 5) is 10.6. The van der Waals surface area contributed by atoms with E-state index in [0.717, 1.165) is 12.1 Å². The number of hydrogen-bond donors (Lipinski definition) is 1. The fraction of sp³-hybridized carbons (Fsp3) is 0.500. The fourth-order valence-electron chi connectivity index (χ4n) is 1.77. The van der Waals surface area contributed by atoms with Crippen molar-refractivity contribution in [2.45, 2.75) is 33.1 Å². The summed E-state index contributed by atoms with van der Waals surface area (Å²) >= 11 is 0. The Labute approximate surface area is 105 Å². The van der Waals surface area contributed by atoms with Gasteiger partial charge in [0.25, 0.3) is 0 Å². The lowest BCUT2D eigenvalue weighted by molar-refractivity contribution is -0.137. The van der Waals surface area contributed by atoms with Crippen molar-refractivity contribution in [1.29, 1.82) is 0 Å². The monoisotopic (exact) mass is 248 g/mol. The van der Waals surface area contributed by atoms with Crippen molar-refractivity contribution in [2.24, 2.45) is 5.92 Å². The second-order valence-corrected chi connectivity index (χ2v) is 4.70. The molecule has 2 rings (SSSR count). The Balaban J connectivity index is 2.28. The first kappa shape index (κ1) is 12.5. The molecule has 0 atom stereocenters. The first-order chi connectivity index (χ1) is 8.56. The van der Waals surface area contributed by atoms with Gasteiger partial charge < -0.3 is 5.11 Å². The molecule has 6 heteroatoms. The summed E-state index contributed by atoms with van der Waals surface area (Å²) in [7, 11) is 0. The number of aliphatic carboxylic acids is 1. The van der Waals surface area contributed by atoms with Crippen molar-refractivity contribution < 1.29 is 9.90 Å². The minimum Gasteiger partial charge on any atom is -0.481 e. The topological polar surface area (TPSA) is 80.4 Å². The van der Waals surface area contributed by atoms with Gasteiger partial charge in [-0.05, 0) is 24.5 Å². The summed E-state index contributed by atoms with van der Waals surface area (Å²) in [5.74, 6) is 0.275. The molecular formula is C12H16N4O2. The van der Waals surface area contributed by atoms with E-state index < -0.39 is 5.97 Å². The lowest BCUT2D eigenvalue weighted by Crippen LogP contribution is -2.06. The van der Waals surface area contributed by atoms with Gasteiger partial charge in [-0.3, -0.25) is 4.79 Å². The molecule has 6 nitrogen and oxygen atoms in total. The number of carboxylic acids is 1. The van der Waals surface area contributed by atoms with Crippen molar-refractivity contribution >= 4 is 11.6 Å². The first-order valence-corrected chi connectivity index (χ1v) is 5.98. The van der Waals surface area contributed by atoms with E-state index in [9.17, 15) is 4.79 Å². The molecule has 2 heterocycles. The number of aromatic nitrogens is 4. The van der Waals surface area contributed by atoms with Gasteiger partial charge in [-0.15, -0.1) is 10.2 Å². The van der Waals surface area contributed by atoms with E-state index in [4.69, 9.17) is 5.11 Å². The van der Waals surface area contributed by atoms with Gasteiger partial charge in [-0.1, -0.05) is 13.8 Å². The average Bonchev–Trinajstić information content (AvgIpc) is 2.68. The van der Waals surface area contributed by atoms with Gasteiger partial charge in [0.1, 0.15) is 0 Å². The molecule has 0 bridgehead atoms. The Bertz CT molecular complexity index is 562. The highest BCUT2D eigenvalue weighted by molar-refractivity contribution is 5.66. The highest BCUT2D eigenvalue weighted by Gasteiger charge is 2.10. The van der Waals surface area contributed by atoms with Crippen LogP contribution in [0.2, 0.25) is 0 Å². The van der Waals surface area contributed by atoms with Gasteiger partial charge in [-0.2, -0.15) is 9.61 Å². The van der Waals surface area contributed by atoms with Crippen LogP contribution < -0.4 is 0 Å². The van der Waals surface area contributed by atoms with Gasteiger partial charge in [0, 0.05) is 6.42 Å². The van der Waals surface area contributed by atoms with E-state index in [2.05, 4.69) is 29.1 Å². The highest BCUT2D eigenvalue weighted by Crippen LogP contribution is 2.09. The third-order valence-corrected chi connectivity index (χ3v) is 2.56. The lowest BCUT2D eigenvalue weighted by Gasteiger charge is -2.04. The average molecular weight is 248 g/mol. The number of carboxylic acid groups (broad SMARTS) is 1. The van der Waals surface area contributed by atoms with E-state index in [1.54, 1.807) is 4.52 Å². The molecule has 0 saturated carbocycles. The Morgan fingerprint density at radius 3 is 2.83 bits per heavy atom. The minimum atomic E-state index is -0.843. The zero-order valence-electron chi connectivity index (χ0n) is 10.5. The van der Waals surface area contributed by atoms with Crippen LogP contribution in [0.3, 0.4) is 0 Å². The van der Waals surface area contributed by atoms with Crippen molar-refractivity contribution in [3.63, 3.8) is 0 Å². The maximum Gasteiger partial charge on any atom is 0.303 e. The van der Waals surface area contributed by atoms with Crippen LogP contribution in [0.5, 0.6) is 0 Å². The van der Waals surface area contributed by atoms with Crippen LogP contribution in [0.25, 0.3) is 5.65 Å². The molecule has 0 aliphatic heterocycles. The normalized spacial score (nSPS) is 11.3. The molecular weight excluding hydrogens is 232 g/mol. The zero-order valence-corrected chi connectivity index (χ0v) is 10.5. The molecule has 0 aliphatic carbocycles. The van der Waals surface area contributed by atoms with Crippen molar-refractivity contribution in [1.82, 2.24) is 19.8 Å². The molecule has 0 unspecified atom stereocenters. The second-order valence-electron chi connectivity index (χ2n) is 4.70. The minimum absolute atomic E-state index is 0.0386. The van der Waals surface area contributed by atoms with Crippen molar-refractivity contribution in [3.8, 4) is 0 Å². The molecule has 0 aromatic carbocycles. The van der Waals surface area contributed by atoms with E-state index in [1.807, 2.05) is 12.1 Å². The van der Waals surface area contributed by atoms with Crippen LogP contribution in [0.15, 0.2) is 12.1 Å². The Hall–Kier alpha value is -1.98. The summed E-state index contributed by atoms with van der Waals surface area (Å²) in [6, 6.07) is 3.80. The molecule has 96 valence electrons. The smallest absolute Gasteiger partial charge is 0.303 e. The molecule has 0 amide bonds. The third kappa shape index (κ3) is 2.82. The van der Waals surface area contributed by atoms with Crippen LogP contribution in [-0.4, -0.2) is 30.9 Å². The van der Waals surface area contributed by atoms with Crippen LogP contribution in [0.1, 0.15) is 31.8 Å². The molecule has 0 fully saturated rings. The van der Waals surface area contributed by atoms with Crippen LogP contribution in [-0.2, 0) is 17.6 Å². The molecule has 18 heavy (non-hydrogen) atoms. The zero-order chi connectivity index (χ0) is 13.1. The Morgan fingerprint density at radius 1 is 1.39 bits per heavy atom. The number of aryl methyl sites for hydroxylation is 1. The Morgan fingerprint density at radius 2 is 2.17 bits per heavy atom. The van der Waals surface area contributed by atoms with Gasteiger partial charge >= 0.3 is 5.97 Å². The predicted octanol–water partition coefficient (Wildman–Crippen LogP) is 1.34. The Kier molecular flexibility index (Phi) is 3.55. The summed E-state index contributed by atoms with van der Waals surface area (Å²) in [5.41, 5.74) is 1.62. The van der Waals surface area contributed by atoms with E-state index >= 15 is 0 Å². The number of nitrogens with zero attached hydrogens (tertiary/aromatic N) is 4. The van der Waals surface area contributed by atoms with Gasteiger partial charge in [0.05, 0.1) is 12.1 Å². The van der Waals surface area contributed by atoms with E-state index in [1.165, 1.54) is 0 Å². The van der Waals surface area contributed by atoms with Crippen LogP contribution >= 0.6 is 0 Å². The van der Waals surface area contributed by atoms with Crippen molar-refractivity contribution in [2.75, 3.05) is 0 Å². The molecule has 0 aliphatic rings. The third-order valence-electron chi connectivity index (χ3n) is 2.56. The molecule has 2 aromatic heterocycles. The fourth-order valence-corrected chi connectivity index (χ4v) is 1.77. The van der Waals surface area contributed by atoms with Gasteiger partial charge in [0.2, 0.25) is 0 Å². The second kappa shape index (κ2) is 5.12. The summed E-state index contributed by atoms with van der Waals surface area (Å²) in [6.07, 6.45) is 1.26. The summed E-state index contributed by atoms with van der Waals surface area (Å²) in [5, 5.41) is 21.1. The largest absolute Gasteiger partial charge is 0.481 e. The number of hydrogen-bond acceptors (Lipinski definition) is 4. The molecule has 2 aromatic rings. The quantitative estimate of drug-likeness (QED) is 0.863. The standard InChI is InChI=1S/C12H16N4O2/c1-8(2)7-9-3-4-10-13-14-11(16(10)15-9)5-6-12(17)18/h3-4,8H,5-7H2,1-2H3,(H,17,18). The predicted molar refractivity (Wildman–Crippen MR) is 65.3 cm³/mol. The van der Waals surface area contributed by atoms with E-state index in [0.29, 0.717) is 23.8 Å². The number of fused-ring (bicyclic) bond motifs is 1. The molecule has 0 spiro atoms. The number of carbonyl (C=O) groups is 1. The summed E-state index contributed by atoms with van der Waals surface area (Å²) < 4.78 is 1.64. The van der Waals surface area contributed by atoms with Gasteiger partial charge in [0.15, 0.2) is 11.5 Å². The SMILES string of the molecule is CC(C)Cc1ccc2nnc(CCC(=O)O)n2n1. The lowest BCUT2D eigenvalue weighted by atomic mass is 10.1. The number of rotatable bonds is 5. The molecule has 1 N–H and O–H groups in total. The maximum absolute atomic E-state index is 10.6. The van der Waals surface area contributed by atoms with Crippen LogP contribution in [0, 0.1) is 5.92 Å². The van der Waals surface area contributed by atoms with Crippen molar-refractivity contribution in [3.05, 3.63) is 23.7 Å². The van der Waals surface area contributed by atoms with Gasteiger partial charge in [-0.25, -0.2) is 0 Å².